The van der Waals surface area contributed by atoms with Gasteiger partial charge in [-0.05, 0) is 49.9 Å². The highest BCUT2D eigenvalue weighted by Crippen LogP contribution is 2.33. The zero-order chi connectivity index (χ0) is 13.5. The number of aryl methyl sites for hydroxylation is 1. The number of hydrogen-bond acceptors (Lipinski definition) is 4. The second-order valence-electron chi connectivity index (χ2n) is 5.83. The maximum Gasteiger partial charge on any atom is 0.163 e. The van der Waals surface area contributed by atoms with Crippen molar-refractivity contribution in [3.8, 4) is 5.75 Å². The minimum Gasteiger partial charge on any atom is -0.508 e. The Morgan fingerprint density at radius 1 is 1.42 bits per heavy atom. The molecule has 4 nitrogen and oxygen atoms in total. The Morgan fingerprint density at radius 3 is 3.00 bits per heavy atom. The molecule has 4 heteroatoms. The summed E-state index contributed by atoms with van der Waals surface area (Å²) in [4.78, 5) is 0. The van der Waals surface area contributed by atoms with Gasteiger partial charge < -0.3 is 19.9 Å². The molecule has 0 amide bonds. The van der Waals surface area contributed by atoms with Crippen LogP contribution in [0.4, 0.5) is 0 Å². The summed E-state index contributed by atoms with van der Waals surface area (Å²) in [6.07, 6.45) is 2.22. The van der Waals surface area contributed by atoms with Gasteiger partial charge in [0.1, 0.15) is 5.75 Å². The van der Waals surface area contributed by atoms with Gasteiger partial charge in [0.25, 0.3) is 0 Å². The van der Waals surface area contributed by atoms with Crippen molar-refractivity contribution in [2.24, 2.45) is 0 Å². The summed E-state index contributed by atoms with van der Waals surface area (Å²) in [6.45, 7) is 5.34. The Kier molecular flexibility index (Phi) is 3.25. The molecule has 2 N–H and O–H groups in total. The van der Waals surface area contributed by atoms with Gasteiger partial charge in [0.2, 0.25) is 0 Å². The predicted octanol–water partition coefficient (Wildman–Crippen LogP) is 2.12. The van der Waals surface area contributed by atoms with Crippen molar-refractivity contribution in [1.29, 1.82) is 0 Å². The van der Waals surface area contributed by atoms with Crippen molar-refractivity contribution in [3.63, 3.8) is 0 Å². The van der Waals surface area contributed by atoms with Crippen molar-refractivity contribution in [2.75, 3.05) is 13.2 Å². The quantitative estimate of drug-likeness (QED) is 0.877. The second-order valence-corrected chi connectivity index (χ2v) is 5.83. The number of rotatable bonds is 3. The van der Waals surface area contributed by atoms with Gasteiger partial charge in [-0.2, -0.15) is 0 Å². The van der Waals surface area contributed by atoms with Crippen LogP contribution in [-0.4, -0.2) is 30.1 Å². The lowest BCUT2D eigenvalue weighted by Gasteiger charge is -2.19. The summed E-state index contributed by atoms with van der Waals surface area (Å²) >= 11 is 0. The molecule has 104 valence electrons. The molecule has 1 fully saturated rings. The molecule has 0 spiro atoms. The maximum absolute atomic E-state index is 9.49. The molecule has 1 saturated heterocycles. The highest BCUT2D eigenvalue weighted by molar-refractivity contribution is 5.40. The first-order chi connectivity index (χ1) is 9.03. The predicted molar refractivity (Wildman–Crippen MR) is 72.1 cm³/mol. The number of fused-ring (bicyclic) bond motifs is 1. The molecule has 19 heavy (non-hydrogen) atoms. The van der Waals surface area contributed by atoms with E-state index in [1.807, 2.05) is 26.0 Å². The SMILES string of the molecule is CC1(C)OCC(CNC2CCc3cc(O)ccc32)O1. The van der Waals surface area contributed by atoms with Crippen molar-refractivity contribution in [2.45, 2.75) is 44.6 Å². The molecule has 1 aliphatic heterocycles. The smallest absolute Gasteiger partial charge is 0.163 e. The van der Waals surface area contributed by atoms with Crippen LogP contribution < -0.4 is 5.32 Å². The van der Waals surface area contributed by atoms with E-state index in [9.17, 15) is 5.11 Å². The first-order valence-corrected chi connectivity index (χ1v) is 6.90. The van der Waals surface area contributed by atoms with Crippen LogP contribution in [0.25, 0.3) is 0 Å². The summed E-state index contributed by atoms with van der Waals surface area (Å²) in [5.74, 6) is -0.0974. The monoisotopic (exact) mass is 263 g/mol. The fraction of sp³-hybridized carbons (Fsp3) is 0.600. The normalized spacial score (nSPS) is 28.5. The minimum atomic E-state index is -0.453. The van der Waals surface area contributed by atoms with Gasteiger partial charge in [0.15, 0.2) is 5.79 Å². The van der Waals surface area contributed by atoms with Crippen LogP contribution in [-0.2, 0) is 15.9 Å². The molecule has 1 aliphatic carbocycles. The van der Waals surface area contributed by atoms with Gasteiger partial charge >= 0.3 is 0 Å². The minimum absolute atomic E-state index is 0.121. The molecule has 2 atom stereocenters. The highest BCUT2D eigenvalue weighted by Gasteiger charge is 2.33. The number of phenols is 1. The average molecular weight is 263 g/mol. The van der Waals surface area contributed by atoms with E-state index in [1.165, 1.54) is 11.1 Å². The van der Waals surface area contributed by atoms with Crippen molar-refractivity contribution < 1.29 is 14.6 Å². The molecule has 1 heterocycles. The fourth-order valence-electron chi connectivity index (χ4n) is 2.95. The zero-order valence-electron chi connectivity index (χ0n) is 11.5. The number of aromatic hydroxyl groups is 1. The van der Waals surface area contributed by atoms with E-state index in [1.54, 1.807) is 6.07 Å². The summed E-state index contributed by atoms with van der Waals surface area (Å²) in [5.41, 5.74) is 2.55. The second kappa shape index (κ2) is 4.78. The van der Waals surface area contributed by atoms with Gasteiger partial charge in [0.05, 0.1) is 12.7 Å². The van der Waals surface area contributed by atoms with E-state index < -0.39 is 5.79 Å². The van der Waals surface area contributed by atoms with Gasteiger partial charge in [0, 0.05) is 12.6 Å². The Balaban J connectivity index is 1.58. The van der Waals surface area contributed by atoms with E-state index >= 15 is 0 Å². The Morgan fingerprint density at radius 2 is 2.26 bits per heavy atom. The standard InChI is InChI=1S/C15H21NO3/c1-15(2)18-9-12(19-15)8-16-14-6-3-10-7-11(17)4-5-13(10)14/h4-5,7,12,14,16-17H,3,6,8-9H2,1-2H3. The average Bonchev–Trinajstić information content (AvgIpc) is 2.89. The molecule has 2 unspecified atom stereocenters. The molecule has 1 aromatic carbocycles. The first kappa shape index (κ1) is 12.9. The van der Waals surface area contributed by atoms with Crippen LogP contribution in [0.5, 0.6) is 5.75 Å². The van der Waals surface area contributed by atoms with E-state index in [4.69, 9.17) is 9.47 Å². The van der Waals surface area contributed by atoms with Crippen LogP contribution in [0.2, 0.25) is 0 Å². The van der Waals surface area contributed by atoms with E-state index in [0.29, 0.717) is 18.4 Å². The van der Waals surface area contributed by atoms with Gasteiger partial charge in [-0.3, -0.25) is 0 Å². The lowest BCUT2D eigenvalue weighted by molar-refractivity contribution is -0.137. The lowest BCUT2D eigenvalue weighted by Crippen LogP contribution is -2.32. The van der Waals surface area contributed by atoms with Crippen LogP contribution >= 0.6 is 0 Å². The van der Waals surface area contributed by atoms with Gasteiger partial charge in [-0.15, -0.1) is 0 Å². The van der Waals surface area contributed by atoms with Gasteiger partial charge in [-0.25, -0.2) is 0 Å². The van der Waals surface area contributed by atoms with Crippen LogP contribution in [0.15, 0.2) is 18.2 Å². The number of benzene rings is 1. The highest BCUT2D eigenvalue weighted by atomic mass is 16.7. The van der Waals surface area contributed by atoms with Gasteiger partial charge in [-0.1, -0.05) is 6.07 Å². The van der Waals surface area contributed by atoms with Crippen LogP contribution in [0.3, 0.4) is 0 Å². The topological polar surface area (TPSA) is 50.7 Å². The molecular weight excluding hydrogens is 242 g/mol. The van der Waals surface area contributed by atoms with Crippen molar-refractivity contribution >= 4 is 0 Å². The molecule has 3 rings (SSSR count). The number of hydrogen-bond donors (Lipinski definition) is 2. The lowest BCUT2D eigenvalue weighted by atomic mass is 10.1. The summed E-state index contributed by atoms with van der Waals surface area (Å²) in [6, 6.07) is 6.01. The molecule has 0 bridgehead atoms. The summed E-state index contributed by atoms with van der Waals surface area (Å²) < 4.78 is 11.3. The Labute approximate surface area is 113 Å². The number of ether oxygens (including phenoxy) is 2. The fourth-order valence-corrected chi connectivity index (χ4v) is 2.95. The van der Waals surface area contributed by atoms with Crippen molar-refractivity contribution in [1.82, 2.24) is 5.32 Å². The van der Waals surface area contributed by atoms with Crippen molar-refractivity contribution in [3.05, 3.63) is 29.3 Å². The third kappa shape index (κ3) is 2.76. The Bertz CT molecular complexity index is 472. The Hall–Kier alpha value is -1.10. The summed E-state index contributed by atoms with van der Waals surface area (Å²) in [7, 11) is 0. The van der Waals surface area contributed by atoms with E-state index in [-0.39, 0.29) is 6.10 Å². The van der Waals surface area contributed by atoms with Crippen LogP contribution in [0.1, 0.15) is 37.4 Å². The third-order valence-corrected chi connectivity index (χ3v) is 3.86. The maximum atomic E-state index is 9.49. The summed E-state index contributed by atoms with van der Waals surface area (Å²) in [5, 5.41) is 13.0. The molecule has 1 aromatic rings. The van der Waals surface area contributed by atoms with E-state index in [2.05, 4.69) is 5.32 Å². The molecule has 2 aliphatic rings. The molecule has 0 saturated carbocycles. The molecular formula is C15H21NO3. The molecule has 0 radical (unpaired) electrons. The largest absolute Gasteiger partial charge is 0.508 e. The van der Waals surface area contributed by atoms with Crippen LogP contribution in [0, 0.1) is 0 Å². The number of phenolic OH excluding ortho intramolecular Hbond substituents is 1. The third-order valence-electron chi connectivity index (χ3n) is 3.86. The zero-order valence-corrected chi connectivity index (χ0v) is 11.5. The number of nitrogens with one attached hydrogen (secondary N) is 1. The molecule has 0 aromatic heterocycles. The van der Waals surface area contributed by atoms with E-state index in [0.717, 1.165) is 19.4 Å². The first-order valence-electron chi connectivity index (χ1n) is 6.90.